The van der Waals surface area contributed by atoms with Crippen molar-refractivity contribution in [3.8, 4) is 0 Å². The third-order valence-electron chi connectivity index (χ3n) is 4.31. The minimum atomic E-state index is 1.18. The maximum absolute atomic E-state index is 2.43. The molecule has 0 atom stereocenters. The lowest BCUT2D eigenvalue weighted by Gasteiger charge is -2.12. The van der Waals surface area contributed by atoms with Gasteiger partial charge in [0.25, 0.3) is 0 Å². The zero-order valence-electron chi connectivity index (χ0n) is 18.3. The first-order valence-corrected chi connectivity index (χ1v) is 10.2. The summed E-state index contributed by atoms with van der Waals surface area (Å²) in [6.07, 6.45) is 10.4. The highest BCUT2D eigenvalue weighted by molar-refractivity contribution is 5.85. The van der Waals surface area contributed by atoms with Gasteiger partial charge in [0, 0.05) is 43.2 Å². The molecule has 2 nitrogen and oxygen atoms in total. The van der Waals surface area contributed by atoms with Gasteiger partial charge >= 0.3 is 0 Å². The van der Waals surface area contributed by atoms with E-state index in [4.69, 9.17) is 0 Å². The maximum Gasteiger partial charge on any atom is 0.0482 e. The number of nitrogens with zero attached hydrogens (tertiary/aromatic N) is 2. The molecule has 2 heterocycles. The molecule has 0 bridgehead atoms. The van der Waals surface area contributed by atoms with E-state index < -0.39 is 0 Å². The number of aryl methyl sites for hydroxylation is 1. The Bertz CT molecular complexity index is 652. The van der Waals surface area contributed by atoms with E-state index in [0.29, 0.717) is 0 Å². The van der Waals surface area contributed by atoms with Gasteiger partial charge in [-0.25, -0.2) is 0 Å². The molecule has 2 heteroatoms. The van der Waals surface area contributed by atoms with Crippen LogP contribution in [-0.2, 0) is 19.9 Å². The first kappa shape index (κ1) is 24.2. The SMILES string of the molecule is C/C=C\C=C/C.CC.CC.CN1CCc2c(n(C)c3ccccc23)CC1. The van der Waals surface area contributed by atoms with Crippen LogP contribution >= 0.6 is 0 Å². The molecule has 1 aromatic carbocycles. The van der Waals surface area contributed by atoms with E-state index in [1.165, 1.54) is 42.5 Å². The summed E-state index contributed by atoms with van der Waals surface area (Å²) in [5.74, 6) is 0. The molecule has 2 aromatic rings. The van der Waals surface area contributed by atoms with Crippen molar-refractivity contribution in [2.45, 2.75) is 54.4 Å². The molecule has 1 aliphatic rings. The predicted molar refractivity (Wildman–Crippen MR) is 120 cm³/mol. The van der Waals surface area contributed by atoms with Crippen molar-refractivity contribution in [1.29, 1.82) is 0 Å². The minimum absolute atomic E-state index is 1.18. The summed E-state index contributed by atoms with van der Waals surface area (Å²) in [6, 6.07) is 8.78. The third kappa shape index (κ3) is 6.84. The van der Waals surface area contributed by atoms with Crippen LogP contribution in [0.4, 0.5) is 0 Å². The molecule has 0 spiro atoms. The van der Waals surface area contributed by atoms with Crippen molar-refractivity contribution in [3.05, 3.63) is 59.8 Å². The molecule has 0 N–H and O–H groups in total. The number of rotatable bonds is 1. The Balaban J connectivity index is 0.000000533. The third-order valence-corrected chi connectivity index (χ3v) is 4.31. The topological polar surface area (TPSA) is 8.17 Å². The van der Waals surface area contributed by atoms with Crippen LogP contribution in [0.1, 0.15) is 52.8 Å². The number of fused-ring (bicyclic) bond motifs is 3. The molecule has 1 aromatic heterocycles. The lowest BCUT2D eigenvalue weighted by atomic mass is 10.1. The smallest absolute Gasteiger partial charge is 0.0482 e. The average Bonchev–Trinajstić information content (AvgIpc) is 2.84. The van der Waals surface area contributed by atoms with Crippen molar-refractivity contribution in [1.82, 2.24) is 9.47 Å². The van der Waals surface area contributed by atoms with E-state index in [-0.39, 0.29) is 0 Å². The van der Waals surface area contributed by atoms with Gasteiger partial charge in [0.05, 0.1) is 0 Å². The number of allylic oxidation sites excluding steroid dienone is 4. The van der Waals surface area contributed by atoms with Gasteiger partial charge < -0.3 is 9.47 Å². The van der Waals surface area contributed by atoms with Crippen molar-refractivity contribution in [2.75, 3.05) is 20.1 Å². The molecule has 1 aliphatic heterocycles. The van der Waals surface area contributed by atoms with Crippen molar-refractivity contribution in [2.24, 2.45) is 7.05 Å². The Morgan fingerprint density at radius 2 is 1.35 bits per heavy atom. The van der Waals surface area contributed by atoms with Gasteiger partial charge in [0.1, 0.15) is 0 Å². The largest absolute Gasteiger partial charge is 0.347 e. The van der Waals surface area contributed by atoms with Gasteiger partial charge in [0.15, 0.2) is 0 Å². The highest BCUT2D eigenvalue weighted by Gasteiger charge is 2.18. The van der Waals surface area contributed by atoms with Gasteiger partial charge in [-0.3, -0.25) is 0 Å². The molecule has 0 aliphatic carbocycles. The van der Waals surface area contributed by atoms with Gasteiger partial charge in [-0.2, -0.15) is 0 Å². The van der Waals surface area contributed by atoms with Crippen LogP contribution in [0.25, 0.3) is 10.9 Å². The standard InChI is InChI=1S/C14H18N2.C6H10.2C2H6/c1-15-9-7-12-11-5-3-4-6-13(11)16(2)14(12)8-10-15;1-3-5-6-4-2;2*1-2/h3-6H,7-10H2,1-2H3;3-6H,1-2H3;2*1-2H3/b;5-3-,6-4-;;. The van der Waals surface area contributed by atoms with E-state index in [1.54, 1.807) is 5.56 Å². The molecule has 0 fully saturated rings. The highest BCUT2D eigenvalue weighted by Crippen LogP contribution is 2.27. The summed E-state index contributed by atoms with van der Waals surface area (Å²) in [4.78, 5) is 2.43. The van der Waals surface area contributed by atoms with E-state index in [2.05, 4.69) is 47.8 Å². The van der Waals surface area contributed by atoms with Gasteiger partial charge in [-0.1, -0.05) is 70.2 Å². The van der Waals surface area contributed by atoms with Gasteiger partial charge in [0.2, 0.25) is 0 Å². The number of likely N-dealkylation sites (N-methyl/N-ethyl adjacent to an activating group) is 1. The Morgan fingerprint density at radius 1 is 0.808 bits per heavy atom. The lowest BCUT2D eigenvalue weighted by molar-refractivity contribution is 0.351. The lowest BCUT2D eigenvalue weighted by Crippen LogP contribution is -2.21. The predicted octanol–water partition coefficient (Wildman–Crippen LogP) is 6.40. The molecule has 0 radical (unpaired) electrons. The molecular weight excluding hydrogens is 316 g/mol. The summed E-state index contributed by atoms with van der Waals surface area (Å²) in [5, 5.41) is 1.45. The second-order valence-electron chi connectivity index (χ2n) is 5.86. The van der Waals surface area contributed by atoms with E-state index >= 15 is 0 Å². The molecule has 26 heavy (non-hydrogen) atoms. The van der Waals surface area contributed by atoms with Crippen molar-refractivity contribution in [3.63, 3.8) is 0 Å². The minimum Gasteiger partial charge on any atom is -0.347 e. The molecule has 3 rings (SSSR count). The molecule has 0 saturated heterocycles. The van der Waals surface area contributed by atoms with Crippen LogP contribution in [0.5, 0.6) is 0 Å². The zero-order valence-corrected chi connectivity index (χ0v) is 18.3. The fourth-order valence-corrected chi connectivity index (χ4v) is 3.06. The van der Waals surface area contributed by atoms with Gasteiger partial charge in [-0.15, -0.1) is 0 Å². The first-order valence-electron chi connectivity index (χ1n) is 10.2. The van der Waals surface area contributed by atoms with E-state index in [0.717, 1.165) is 0 Å². The van der Waals surface area contributed by atoms with Crippen LogP contribution in [0, 0.1) is 0 Å². The highest BCUT2D eigenvalue weighted by atomic mass is 15.1. The maximum atomic E-state index is 2.43. The van der Waals surface area contributed by atoms with Crippen LogP contribution < -0.4 is 0 Å². The fourth-order valence-electron chi connectivity index (χ4n) is 3.06. The summed E-state index contributed by atoms with van der Waals surface area (Å²) in [7, 11) is 4.42. The molecule has 146 valence electrons. The monoisotopic (exact) mass is 356 g/mol. The Hall–Kier alpha value is -1.80. The summed E-state index contributed by atoms with van der Waals surface area (Å²) in [5.41, 5.74) is 4.49. The number of para-hydroxylation sites is 1. The average molecular weight is 357 g/mol. The molecule has 0 amide bonds. The van der Waals surface area contributed by atoms with Crippen LogP contribution in [0.2, 0.25) is 0 Å². The van der Waals surface area contributed by atoms with Crippen LogP contribution in [-0.4, -0.2) is 29.6 Å². The quantitative estimate of drug-likeness (QED) is 0.537. The molecular formula is C24H40N2. The molecule has 0 saturated carbocycles. The fraction of sp³-hybridized carbons (Fsp3) is 0.500. The zero-order chi connectivity index (χ0) is 19.9. The second kappa shape index (κ2) is 14.4. The molecule has 0 unspecified atom stereocenters. The number of aromatic nitrogens is 1. The second-order valence-corrected chi connectivity index (χ2v) is 5.86. The Kier molecular flexibility index (Phi) is 13.4. The van der Waals surface area contributed by atoms with Gasteiger partial charge in [-0.05, 0) is 38.9 Å². The first-order chi connectivity index (χ1) is 12.7. The summed E-state index contributed by atoms with van der Waals surface area (Å²) >= 11 is 0. The summed E-state index contributed by atoms with van der Waals surface area (Å²) < 4.78 is 2.38. The number of hydrogen-bond acceptors (Lipinski definition) is 1. The van der Waals surface area contributed by atoms with Crippen molar-refractivity contribution < 1.29 is 0 Å². The number of hydrogen-bond donors (Lipinski definition) is 0. The van der Waals surface area contributed by atoms with Crippen LogP contribution in [0.3, 0.4) is 0 Å². The van der Waals surface area contributed by atoms with E-state index in [1.807, 2.05) is 65.8 Å². The number of benzene rings is 1. The van der Waals surface area contributed by atoms with E-state index in [9.17, 15) is 0 Å². The Labute approximate surface area is 162 Å². The summed E-state index contributed by atoms with van der Waals surface area (Å²) in [6.45, 7) is 14.4. The van der Waals surface area contributed by atoms with Crippen molar-refractivity contribution >= 4 is 10.9 Å². The van der Waals surface area contributed by atoms with Crippen LogP contribution in [0.15, 0.2) is 48.6 Å². The normalized spacial score (nSPS) is 13.8. The Morgan fingerprint density at radius 3 is 1.92 bits per heavy atom.